The van der Waals surface area contributed by atoms with E-state index < -0.39 is 5.66 Å². The maximum atomic E-state index is 5.98. The quantitative estimate of drug-likeness (QED) is 0.394. The van der Waals surface area contributed by atoms with Crippen LogP contribution in [0, 0.1) is 0 Å². The Kier molecular flexibility index (Phi) is 1.70. The zero-order valence-electron chi connectivity index (χ0n) is 7.64. The number of piperidine rings is 1. The molecule has 12 heavy (non-hydrogen) atoms. The summed E-state index contributed by atoms with van der Waals surface area (Å²) in [5.41, 5.74) is 11.5. The first kappa shape index (κ1) is 8.44. The Morgan fingerprint density at radius 2 is 2.17 bits per heavy atom. The second-order valence-electron chi connectivity index (χ2n) is 4.32. The SMILES string of the molecule is CN1CCCC2(C1)NCC2(N)N. The Hall–Kier alpha value is -0.160. The summed E-state index contributed by atoms with van der Waals surface area (Å²) in [6.07, 6.45) is 2.31. The van der Waals surface area contributed by atoms with E-state index in [0.717, 1.165) is 19.5 Å². The van der Waals surface area contributed by atoms with E-state index in [9.17, 15) is 0 Å². The van der Waals surface area contributed by atoms with Crippen molar-refractivity contribution in [1.29, 1.82) is 0 Å². The first-order chi connectivity index (χ1) is 5.56. The minimum atomic E-state index is -0.484. The number of rotatable bonds is 0. The van der Waals surface area contributed by atoms with E-state index in [1.165, 1.54) is 13.0 Å². The average Bonchev–Trinajstić information content (AvgIpc) is 2.03. The zero-order chi connectivity index (χ0) is 8.82. The predicted molar refractivity (Wildman–Crippen MR) is 48.6 cm³/mol. The molecular weight excluding hydrogens is 152 g/mol. The zero-order valence-corrected chi connectivity index (χ0v) is 7.64. The molecule has 4 heteroatoms. The molecule has 1 unspecified atom stereocenters. The van der Waals surface area contributed by atoms with Gasteiger partial charge in [-0.3, -0.25) is 0 Å². The summed E-state index contributed by atoms with van der Waals surface area (Å²) in [5.74, 6) is 0. The van der Waals surface area contributed by atoms with Crippen molar-refractivity contribution in [3.63, 3.8) is 0 Å². The molecule has 2 heterocycles. The van der Waals surface area contributed by atoms with E-state index in [0.29, 0.717) is 0 Å². The summed E-state index contributed by atoms with van der Waals surface area (Å²) >= 11 is 0. The lowest BCUT2D eigenvalue weighted by atomic mass is 9.72. The van der Waals surface area contributed by atoms with Crippen LogP contribution in [0.3, 0.4) is 0 Å². The third-order valence-corrected chi connectivity index (χ3v) is 3.29. The van der Waals surface area contributed by atoms with E-state index >= 15 is 0 Å². The highest BCUT2D eigenvalue weighted by atomic mass is 15.3. The minimum Gasteiger partial charge on any atom is -0.311 e. The van der Waals surface area contributed by atoms with Crippen molar-refractivity contribution in [3.8, 4) is 0 Å². The summed E-state index contributed by atoms with van der Waals surface area (Å²) in [4.78, 5) is 2.30. The van der Waals surface area contributed by atoms with Crippen LogP contribution in [0.25, 0.3) is 0 Å². The molecule has 0 aromatic rings. The maximum absolute atomic E-state index is 5.98. The van der Waals surface area contributed by atoms with Crippen LogP contribution in [0.5, 0.6) is 0 Å². The van der Waals surface area contributed by atoms with Gasteiger partial charge < -0.3 is 21.7 Å². The van der Waals surface area contributed by atoms with Crippen molar-refractivity contribution in [2.75, 3.05) is 26.7 Å². The van der Waals surface area contributed by atoms with Crippen molar-refractivity contribution in [2.45, 2.75) is 24.0 Å². The van der Waals surface area contributed by atoms with E-state index in [1.54, 1.807) is 0 Å². The van der Waals surface area contributed by atoms with E-state index in [2.05, 4.69) is 17.3 Å². The normalized spacial score (nSPS) is 41.2. The monoisotopic (exact) mass is 170 g/mol. The molecule has 0 bridgehead atoms. The van der Waals surface area contributed by atoms with Gasteiger partial charge in [-0.25, -0.2) is 0 Å². The standard InChI is InChI=1S/C8H18N4/c1-12-4-2-3-7(6-12)8(9,10)5-11-7/h11H,2-6,9-10H2,1H3. The number of hydrogen-bond acceptors (Lipinski definition) is 4. The van der Waals surface area contributed by atoms with Crippen molar-refractivity contribution < 1.29 is 0 Å². The molecule has 0 aromatic heterocycles. The second-order valence-corrected chi connectivity index (χ2v) is 4.32. The average molecular weight is 170 g/mol. The lowest BCUT2D eigenvalue weighted by molar-refractivity contribution is 0.00286. The van der Waals surface area contributed by atoms with Crippen LogP contribution in [0.15, 0.2) is 0 Å². The molecule has 0 radical (unpaired) electrons. The number of likely N-dealkylation sites (tertiary alicyclic amines) is 1. The Morgan fingerprint density at radius 1 is 1.42 bits per heavy atom. The molecule has 2 rings (SSSR count). The molecule has 70 valence electrons. The number of nitrogens with two attached hydrogens (primary N) is 2. The van der Waals surface area contributed by atoms with Crippen LogP contribution in [0.1, 0.15) is 12.8 Å². The van der Waals surface area contributed by atoms with Crippen molar-refractivity contribution >= 4 is 0 Å². The van der Waals surface area contributed by atoms with Crippen molar-refractivity contribution in [3.05, 3.63) is 0 Å². The number of nitrogens with one attached hydrogen (secondary N) is 1. The molecule has 5 N–H and O–H groups in total. The van der Waals surface area contributed by atoms with Gasteiger partial charge in [0.15, 0.2) is 0 Å². The van der Waals surface area contributed by atoms with Crippen molar-refractivity contribution in [2.24, 2.45) is 11.5 Å². The van der Waals surface area contributed by atoms with Crippen LogP contribution in [-0.2, 0) is 0 Å². The Balaban J connectivity index is 2.10. The van der Waals surface area contributed by atoms with E-state index in [1.807, 2.05) is 0 Å². The molecule has 4 nitrogen and oxygen atoms in total. The fourth-order valence-corrected chi connectivity index (χ4v) is 2.34. The van der Waals surface area contributed by atoms with Crippen molar-refractivity contribution in [1.82, 2.24) is 10.2 Å². The summed E-state index contributed by atoms with van der Waals surface area (Å²) in [6.45, 7) is 2.90. The fraction of sp³-hybridized carbons (Fsp3) is 1.00. The highest BCUT2D eigenvalue weighted by molar-refractivity contribution is 5.17. The Bertz CT molecular complexity index is 191. The van der Waals surface area contributed by atoms with Gasteiger partial charge in [-0.1, -0.05) is 0 Å². The highest BCUT2D eigenvalue weighted by Crippen LogP contribution is 2.32. The van der Waals surface area contributed by atoms with Crippen LogP contribution >= 0.6 is 0 Å². The minimum absolute atomic E-state index is 0. The number of hydrogen-bond donors (Lipinski definition) is 3. The molecule has 0 amide bonds. The summed E-state index contributed by atoms with van der Waals surface area (Å²) < 4.78 is 0. The second kappa shape index (κ2) is 2.42. The predicted octanol–water partition coefficient (Wildman–Crippen LogP) is -1.33. The van der Waals surface area contributed by atoms with Gasteiger partial charge in [-0.15, -0.1) is 0 Å². The molecule has 1 atom stereocenters. The largest absolute Gasteiger partial charge is 0.311 e. The summed E-state index contributed by atoms with van der Waals surface area (Å²) in [6, 6.07) is 0. The lowest BCUT2D eigenvalue weighted by Crippen LogP contribution is -2.89. The van der Waals surface area contributed by atoms with Gasteiger partial charge in [-0.2, -0.15) is 0 Å². The van der Waals surface area contributed by atoms with Gasteiger partial charge in [-0.05, 0) is 26.4 Å². The molecule has 2 fully saturated rings. The number of likely N-dealkylation sites (N-methyl/N-ethyl adjacent to an activating group) is 1. The first-order valence-corrected chi connectivity index (χ1v) is 4.57. The number of nitrogens with zero attached hydrogens (tertiary/aromatic N) is 1. The smallest absolute Gasteiger partial charge is 0.0964 e. The lowest BCUT2D eigenvalue weighted by Gasteiger charge is -2.59. The fourth-order valence-electron chi connectivity index (χ4n) is 2.34. The van der Waals surface area contributed by atoms with Crippen LogP contribution < -0.4 is 16.8 Å². The van der Waals surface area contributed by atoms with Crippen LogP contribution in [0.2, 0.25) is 0 Å². The molecule has 0 saturated carbocycles. The summed E-state index contributed by atoms with van der Waals surface area (Å²) in [5, 5.41) is 3.39. The topological polar surface area (TPSA) is 67.3 Å². The van der Waals surface area contributed by atoms with E-state index in [-0.39, 0.29) is 5.54 Å². The van der Waals surface area contributed by atoms with Crippen LogP contribution in [-0.4, -0.2) is 42.8 Å². The van der Waals surface area contributed by atoms with Gasteiger partial charge in [0.2, 0.25) is 0 Å². The van der Waals surface area contributed by atoms with Gasteiger partial charge in [0, 0.05) is 13.1 Å². The Labute approximate surface area is 73.3 Å². The first-order valence-electron chi connectivity index (χ1n) is 4.57. The maximum Gasteiger partial charge on any atom is 0.0964 e. The molecule has 0 aromatic carbocycles. The third-order valence-electron chi connectivity index (χ3n) is 3.29. The molecule has 0 aliphatic carbocycles. The van der Waals surface area contributed by atoms with E-state index in [4.69, 9.17) is 11.5 Å². The third kappa shape index (κ3) is 0.992. The molecular formula is C8H18N4. The molecule has 2 aliphatic heterocycles. The van der Waals surface area contributed by atoms with Gasteiger partial charge in [0.25, 0.3) is 0 Å². The Morgan fingerprint density at radius 3 is 2.50 bits per heavy atom. The molecule has 2 aliphatic rings. The van der Waals surface area contributed by atoms with Gasteiger partial charge >= 0.3 is 0 Å². The highest BCUT2D eigenvalue weighted by Gasteiger charge is 2.55. The van der Waals surface area contributed by atoms with Crippen LogP contribution in [0.4, 0.5) is 0 Å². The summed E-state index contributed by atoms with van der Waals surface area (Å²) in [7, 11) is 2.12. The molecule has 1 spiro atoms. The van der Waals surface area contributed by atoms with Gasteiger partial charge in [0.05, 0.1) is 11.2 Å². The van der Waals surface area contributed by atoms with Gasteiger partial charge in [0.1, 0.15) is 0 Å². The molecule has 2 saturated heterocycles.